The molecule has 2 aliphatic rings. The van der Waals surface area contributed by atoms with Gasteiger partial charge in [0.25, 0.3) is 10.2 Å². The number of piperazine rings is 1. The summed E-state index contributed by atoms with van der Waals surface area (Å²) in [5.41, 5.74) is 0. The zero-order chi connectivity index (χ0) is 15.3. The molecular formula is C14H30N4O2S. The van der Waals surface area contributed by atoms with Crippen LogP contribution in [0.5, 0.6) is 0 Å². The molecule has 0 aliphatic carbocycles. The van der Waals surface area contributed by atoms with Crippen LogP contribution in [0.1, 0.15) is 26.2 Å². The van der Waals surface area contributed by atoms with Crippen LogP contribution in [0.3, 0.4) is 0 Å². The molecule has 2 rings (SSSR count). The van der Waals surface area contributed by atoms with E-state index in [4.69, 9.17) is 0 Å². The third kappa shape index (κ3) is 5.49. The molecule has 1 N–H and O–H groups in total. The molecule has 0 spiro atoms. The molecule has 1 atom stereocenters. The first-order valence-corrected chi connectivity index (χ1v) is 9.57. The quantitative estimate of drug-likeness (QED) is 0.760. The first-order valence-electron chi connectivity index (χ1n) is 8.13. The lowest BCUT2D eigenvalue weighted by atomic mass is 10.1. The number of likely N-dealkylation sites (N-methyl/N-ethyl adjacent to an activating group) is 1. The minimum absolute atomic E-state index is 0.341. The van der Waals surface area contributed by atoms with E-state index in [0.717, 1.165) is 52.0 Å². The third-order valence-corrected chi connectivity index (χ3v) is 6.01. The van der Waals surface area contributed by atoms with Gasteiger partial charge >= 0.3 is 0 Å². The molecule has 6 nitrogen and oxygen atoms in total. The second-order valence-corrected chi connectivity index (χ2v) is 8.28. The number of rotatable bonds is 6. The monoisotopic (exact) mass is 318 g/mol. The van der Waals surface area contributed by atoms with Crippen LogP contribution in [0.2, 0.25) is 0 Å². The summed E-state index contributed by atoms with van der Waals surface area (Å²) < 4.78 is 28.8. The van der Waals surface area contributed by atoms with Crippen molar-refractivity contribution < 1.29 is 8.42 Å². The van der Waals surface area contributed by atoms with E-state index < -0.39 is 10.2 Å². The lowest BCUT2D eigenvalue weighted by Crippen LogP contribution is -2.48. The summed E-state index contributed by atoms with van der Waals surface area (Å²) in [6, 6.07) is 0. The molecule has 2 fully saturated rings. The van der Waals surface area contributed by atoms with E-state index >= 15 is 0 Å². The van der Waals surface area contributed by atoms with Gasteiger partial charge < -0.3 is 9.80 Å². The van der Waals surface area contributed by atoms with E-state index in [9.17, 15) is 8.42 Å². The van der Waals surface area contributed by atoms with E-state index in [2.05, 4.69) is 28.5 Å². The predicted molar refractivity (Wildman–Crippen MR) is 85.4 cm³/mol. The van der Waals surface area contributed by atoms with Gasteiger partial charge in [0.15, 0.2) is 0 Å². The molecule has 2 saturated heterocycles. The van der Waals surface area contributed by atoms with Gasteiger partial charge in [-0.25, -0.2) is 4.72 Å². The minimum Gasteiger partial charge on any atom is -0.304 e. The lowest BCUT2D eigenvalue weighted by Gasteiger charge is -2.34. The Labute approximate surface area is 129 Å². The van der Waals surface area contributed by atoms with E-state index in [-0.39, 0.29) is 0 Å². The molecule has 0 bridgehead atoms. The highest BCUT2D eigenvalue weighted by Gasteiger charge is 2.24. The lowest BCUT2D eigenvalue weighted by molar-refractivity contribution is 0.139. The summed E-state index contributed by atoms with van der Waals surface area (Å²) >= 11 is 0. The standard InChI is InChI=1S/C14H30N4O2S/c1-14(13-17-10-8-16(2)9-11-17)12-15-21(19,20)18-6-4-3-5-7-18/h14-15H,3-13H2,1-2H3. The molecule has 0 amide bonds. The van der Waals surface area contributed by atoms with Crippen molar-refractivity contribution in [1.82, 2.24) is 18.8 Å². The minimum atomic E-state index is -3.27. The van der Waals surface area contributed by atoms with Gasteiger partial charge in [-0.2, -0.15) is 12.7 Å². The third-order valence-electron chi connectivity index (χ3n) is 4.43. The van der Waals surface area contributed by atoms with Crippen LogP contribution in [-0.4, -0.2) is 81.9 Å². The molecule has 0 aromatic rings. The van der Waals surface area contributed by atoms with Crippen molar-refractivity contribution in [3.8, 4) is 0 Å². The SMILES string of the molecule is CC(CNS(=O)(=O)N1CCCCC1)CN1CCN(C)CC1. The molecule has 0 aromatic carbocycles. The Hall–Kier alpha value is -0.210. The van der Waals surface area contributed by atoms with Crippen molar-refractivity contribution >= 4 is 10.2 Å². The second kappa shape index (κ2) is 7.87. The molecule has 7 heteroatoms. The van der Waals surface area contributed by atoms with Crippen LogP contribution in [0.4, 0.5) is 0 Å². The van der Waals surface area contributed by atoms with Gasteiger partial charge in [-0.05, 0) is 25.8 Å². The van der Waals surface area contributed by atoms with Crippen LogP contribution >= 0.6 is 0 Å². The molecule has 124 valence electrons. The van der Waals surface area contributed by atoms with E-state index in [1.165, 1.54) is 0 Å². The average molecular weight is 318 g/mol. The Bertz CT molecular complexity index is 401. The summed E-state index contributed by atoms with van der Waals surface area (Å²) in [7, 11) is -1.13. The van der Waals surface area contributed by atoms with Crippen LogP contribution in [0.15, 0.2) is 0 Å². The van der Waals surface area contributed by atoms with E-state index in [0.29, 0.717) is 25.6 Å². The van der Waals surface area contributed by atoms with Crippen molar-refractivity contribution in [2.75, 3.05) is 59.4 Å². The Morgan fingerprint density at radius 3 is 2.24 bits per heavy atom. The smallest absolute Gasteiger partial charge is 0.279 e. The van der Waals surface area contributed by atoms with Crippen molar-refractivity contribution in [2.24, 2.45) is 5.92 Å². The highest BCUT2D eigenvalue weighted by Crippen LogP contribution is 2.12. The first kappa shape index (κ1) is 17.1. The van der Waals surface area contributed by atoms with Gasteiger partial charge in [-0.3, -0.25) is 0 Å². The van der Waals surface area contributed by atoms with Gasteiger partial charge in [0, 0.05) is 52.4 Å². The van der Waals surface area contributed by atoms with E-state index in [1.807, 2.05) is 0 Å². The fourth-order valence-electron chi connectivity index (χ4n) is 2.98. The summed E-state index contributed by atoms with van der Waals surface area (Å²) in [4.78, 5) is 4.76. The van der Waals surface area contributed by atoms with Crippen LogP contribution in [-0.2, 0) is 10.2 Å². The maximum absolute atomic E-state index is 12.2. The van der Waals surface area contributed by atoms with Crippen LogP contribution in [0, 0.1) is 5.92 Å². The number of nitrogens with one attached hydrogen (secondary N) is 1. The Kier molecular flexibility index (Phi) is 6.43. The van der Waals surface area contributed by atoms with Crippen LogP contribution in [0.25, 0.3) is 0 Å². The largest absolute Gasteiger partial charge is 0.304 e. The highest BCUT2D eigenvalue weighted by atomic mass is 32.2. The van der Waals surface area contributed by atoms with Crippen molar-refractivity contribution in [2.45, 2.75) is 26.2 Å². The zero-order valence-corrected chi connectivity index (χ0v) is 14.2. The molecule has 21 heavy (non-hydrogen) atoms. The number of hydrogen-bond acceptors (Lipinski definition) is 4. The van der Waals surface area contributed by atoms with Crippen LogP contribution < -0.4 is 4.72 Å². The Morgan fingerprint density at radius 1 is 1.00 bits per heavy atom. The fourth-order valence-corrected chi connectivity index (χ4v) is 4.40. The van der Waals surface area contributed by atoms with Gasteiger partial charge in [0.2, 0.25) is 0 Å². The topological polar surface area (TPSA) is 55.9 Å². The molecule has 1 unspecified atom stereocenters. The summed E-state index contributed by atoms with van der Waals surface area (Å²) in [6.45, 7) is 9.33. The Balaban J connectivity index is 1.71. The molecule has 0 aromatic heterocycles. The summed E-state index contributed by atoms with van der Waals surface area (Å²) in [5.74, 6) is 0.341. The van der Waals surface area contributed by atoms with Gasteiger partial charge in [0.05, 0.1) is 0 Å². The molecular weight excluding hydrogens is 288 g/mol. The maximum Gasteiger partial charge on any atom is 0.279 e. The second-order valence-electron chi connectivity index (χ2n) is 6.52. The maximum atomic E-state index is 12.2. The van der Waals surface area contributed by atoms with Crippen molar-refractivity contribution in [3.05, 3.63) is 0 Å². The Morgan fingerprint density at radius 2 is 1.62 bits per heavy atom. The fraction of sp³-hybridized carbons (Fsp3) is 1.00. The molecule has 0 radical (unpaired) electrons. The number of hydrogen-bond donors (Lipinski definition) is 1. The zero-order valence-electron chi connectivity index (χ0n) is 13.4. The van der Waals surface area contributed by atoms with Crippen molar-refractivity contribution in [1.29, 1.82) is 0 Å². The normalized spacial score (nSPS) is 25.0. The van der Waals surface area contributed by atoms with Gasteiger partial charge in [-0.1, -0.05) is 13.3 Å². The first-order chi connectivity index (χ1) is 9.97. The number of nitrogens with zero attached hydrogens (tertiary/aromatic N) is 3. The van der Waals surface area contributed by atoms with Crippen molar-refractivity contribution in [3.63, 3.8) is 0 Å². The average Bonchev–Trinajstić information content (AvgIpc) is 2.49. The number of piperidine rings is 1. The molecule has 0 saturated carbocycles. The van der Waals surface area contributed by atoms with Gasteiger partial charge in [-0.15, -0.1) is 0 Å². The molecule has 2 heterocycles. The highest BCUT2D eigenvalue weighted by molar-refractivity contribution is 7.87. The van der Waals surface area contributed by atoms with Gasteiger partial charge in [0.1, 0.15) is 0 Å². The summed E-state index contributed by atoms with van der Waals surface area (Å²) in [6.07, 6.45) is 3.11. The molecule has 2 aliphatic heterocycles. The summed E-state index contributed by atoms with van der Waals surface area (Å²) in [5, 5.41) is 0. The predicted octanol–water partition coefficient (Wildman–Crippen LogP) is 0.190. The van der Waals surface area contributed by atoms with E-state index in [1.54, 1.807) is 4.31 Å².